The first-order valence-corrected chi connectivity index (χ1v) is 6.18. The van der Waals surface area contributed by atoms with Gasteiger partial charge in [-0.1, -0.05) is 0 Å². The lowest BCUT2D eigenvalue weighted by atomic mass is 10.1. The van der Waals surface area contributed by atoms with Crippen LogP contribution in [-0.2, 0) is 11.3 Å². The molecule has 0 fully saturated rings. The molecule has 0 atom stereocenters. The monoisotopic (exact) mass is 390 g/mol. The van der Waals surface area contributed by atoms with Crippen molar-refractivity contribution in [3.63, 3.8) is 0 Å². The summed E-state index contributed by atoms with van der Waals surface area (Å²) in [7, 11) is 0. The van der Waals surface area contributed by atoms with Crippen LogP contribution in [0.25, 0.3) is 0 Å². The maximum Gasteiger partial charge on any atom is 0.573 e. The van der Waals surface area contributed by atoms with Crippen LogP contribution in [0, 0.1) is 3.57 Å². The molecule has 0 bridgehead atoms. The minimum atomic E-state index is -4.92. The molecule has 0 spiro atoms. The van der Waals surface area contributed by atoms with E-state index >= 15 is 0 Å². The predicted octanol–water partition coefficient (Wildman–Crippen LogP) is 2.22. The van der Waals surface area contributed by atoms with Crippen LogP contribution in [-0.4, -0.2) is 23.9 Å². The fraction of sp³-hybridized carbons (Fsp3) is 0.400. The number of pyridine rings is 1. The molecule has 9 heteroatoms. The van der Waals surface area contributed by atoms with Gasteiger partial charge in [0.2, 0.25) is 0 Å². The molecule has 2 N–H and O–H groups in total. The Morgan fingerprint density at radius 2 is 2.16 bits per heavy atom. The summed E-state index contributed by atoms with van der Waals surface area (Å²) < 4.78 is 45.7. The van der Waals surface area contributed by atoms with Gasteiger partial charge in [0, 0.05) is 12.7 Å². The topological polar surface area (TPSA) is 74.4 Å². The summed E-state index contributed by atoms with van der Waals surface area (Å²) in [5.74, 6) is -1.59. The van der Waals surface area contributed by atoms with E-state index < -0.39 is 23.6 Å². The lowest BCUT2D eigenvalue weighted by Crippen LogP contribution is -2.22. The van der Waals surface area contributed by atoms with Crippen molar-refractivity contribution in [2.45, 2.75) is 19.8 Å². The summed E-state index contributed by atoms with van der Waals surface area (Å²) in [6, 6.07) is 0. The molecule has 0 aromatic carbocycles. The first-order chi connectivity index (χ1) is 8.80. The number of nitrogens with zero attached hydrogens (tertiary/aromatic N) is 1. The van der Waals surface area contributed by atoms with Gasteiger partial charge in [0.05, 0.1) is 15.9 Å². The van der Waals surface area contributed by atoms with Crippen LogP contribution in [0.2, 0.25) is 0 Å². The maximum absolute atomic E-state index is 12.4. The van der Waals surface area contributed by atoms with E-state index in [0.29, 0.717) is 0 Å². The van der Waals surface area contributed by atoms with Gasteiger partial charge in [-0.25, -0.2) is 4.79 Å². The summed E-state index contributed by atoms with van der Waals surface area (Å²) in [6.45, 7) is 1.34. The van der Waals surface area contributed by atoms with E-state index in [-0.39, 0.29) is 22.4 Å². The summed E-state index contributed by atoms with van der Waals surface area (Å²) in [4.78, 5) is 15.5. The zero-order valence-corrected chi connectivity index (χ0v) is 11.9. The highest BCUT2D eigenvalue weighted by Gasteiger charge is 2.35. The number of aromatic nitrogens is 1. The first-order valence-electron chi connectivity index (χ1n) is 5.10. The number of hydrogen-bond donors (Lipinski definition) is 1. The van der Waals surface area contributed by atoms with E-state index in [0.717, 1.165) is 6.20 Å². The highest BCUT2D eigenvalue weighted by Crippen LogP contribution is 2.32. The molecule has 19 heavy (non-hydrogen) atoms. The quantitative estimate of drug-likeness (QED) is 0.631. The average Bonchev–Trinajstić information content (AvgIpc) is 2.30. The van der Waals surface area contributed by atoms with Crippen molar-refractivity contribution in [2.24, 2.45) is 5.73 Å². The van der Waals surface area contributed by atoms with Crippen molar-refractivity contribution in [1.82, 2.24) is 4.98 Å². The Morgan fingerprint density at radius 3 is 2.63 bits per heavy atom. The van der Waals surface area contributed by atoms with Gasteiger partial charge >= 0.3 is 12.3 Å². The van der Waals surface area contributed by atoms with E-state index in [1.165, 1.54) is 6.92 Å². The summed E-state index contributed by atoms with van der Waals surface area (Å²) in [6.07, 6.45) is -3.78. The second kappa shape index (κ2) is 6.37. The molecule has 0 aliphatic rings. The number of carbonyl (C=O) groups is 1. The fourth-order valence-corrected chi connectivity index (χ4v) is 1.81. The van der Waals surface area contributed by atoms with Gasteiger partial charge in [-0.15, -0.1) is 13.2 Å². The van der Waals surface area contributed by atoms with E-state index in [1.807, 2.05) is 0 Å². The Hall–Kier alpha value is -1.10. The first kappa shape index (κ1) is 16.0. The van der Waals surface area contributed by atoms with Crippen molar-refractivity contribution in [3.05, 3.63) is 21.0 Å². The van der Waals surface area contributed by atoms with Crippen molar-refractivity contribution in [3.8, 4) is 5.75 Å². The zero-order chi connectivity index (χ0) is 14.6. The van der Waals surface area contributed by atoms with Gasteiger partial charge in [-0.3, -0.25) is 4.98 Å². The van der Waals surface area contributed by atoms with Crippen molar-refractivity contribution >= 4 is 28.6 Å². The Bertz CT molecular complexity index is 480. The van der Waals surface area contributed by atoms with E-state index in [9.17, 15) is 18.0 Å². The van der Waals surface area contributed by atoms with Gasteiger partial charge in [-0.05, 0) is 29.5 Å². The number of alkyl halides is 3. The standard InChI is InChI=1S/C10H10F3IN2O3/c1-2-18-9(17)7-6(3-15)16-4-5(14)8(7)19-10(11,12)13/h4H,2-3,15H2,1H3. The number of halogens is 4. The Balaban J connectivity index is 3.36. The molecule has 0 saturated heterocycles. The van der Waals surface area contributed by atoms with Gasteiger partial charge in [0.1, 0.15) is 5.56 Å². The number of ether oxygens (including phenoxy) is 2. The third kappa shape index (κ3) is 4.20. The number of rotatable bonds is 4. The Kier molecular flexibility index (Phi) is 5.35. The molecule has 0 aliphatic carbocycles. The molecule has 1 aromatic heterocycles. The molecule has 0 radical (unpaired) electrons. The molecule has 1 rings (SSSR count). The molecular formula is C10H10F3IN2O3. The third-order valence-electron chi connectivity index (χ3n) is 1.96. The number of hydrogen-bond acceptors (Lipinski definition) is 5. The largest absolute Gasteiger partial charge is 0.573 e. The van der Waals surface area contributed by atoms with E-state index in [1.54, 1.807) is 22.6 Å². The van der Waals surface area contributed by atoms with E-state index in [2.05, 4.69) is 9.72 Å². The van der Waals surface area contributed by atoms with Gasteiger partial charge in [0.25, 0.3) is 0 Å². The van der Waals surface area contributed by atoms with Crippen LogP contribution in [0.1, 0.15) is 23.0 Å². The van der Waals surface area contributed by atoms with Gasteiger partial charge in [0.15, 0.2) is 5.75 Å². The van der Waals surface area contributed by atoms with Crippen LogP contribution in [0.3, 0.4) is 0 Å². The highest BCUT2D eigenvalue weighted by atomic mass is 127. The van der Waals surface area contributed by atoms with Crippen LogP contribution in [0.15, 0.2) is 6.20 Å². The molecule has 0 amide bonds. The van der Waals surface area contributed by atoms with Crippen LogP contribution >= 0.6 is 22.6 Å². The minimum Gasteiger partial charge on any atom is -0.462 e. The smallest absolute Gasteiger partial charge is 0.462 e. The molecule has 106 valence electrons. The molecule has 0 saturated carbocycles. The Morgan fingerprint density at radius 1 is 1.53 bits per heavy atom. The Labute approximate surface area is 120 Å². The molecule has 1 heterocycles. The van der Waals surface area contributed by atoms with Crippen molar-refractivity contribution in [1.29, 1.82) is 0 Å². The highest BCUT2D eigenvalue weighted by molar-refractivity contribution is 14.1. The van der Waals surface area contributed by atoms with E-state index in [4.69, 9.17) is 10.5 Å². The van der Waals surface area contributed by atoms with Gasteiger partial charge < -0.3 is 15.2 Å². The summed E-state index contributed by atoms with van der Waals surface area (Å²) in [5, 5.41) is 0. The molecule has 0 aliphatic heterocycles. The minimum absolute atomic E-state index is 0.0137. The number of nitrogens with two attached hydrogens (primary N) is 1. The second-order valence-electron chi connectivity index (χ2n) is 3.23. The van der Waals surface area contributed by atoms with Crippen molar-refractivity contribution in [2.75, 3.05) is 6.61 Å². The lowest BCUT2D eigenvalue weighted by molar-refractivity contribution is -0.275. The second-order valence-corrected chi connectivity index (χ2v) is 4.39. The third-order valence-corrected chi connectivity index (χ3v) is 2.73. The molecule has 5 nitrogen and oxygen atoms in total. The average molecular weight is 390 g/mol. The van der Waals surface area contributed by atoms with Crippen LogP contribution in [0.4, 0.5) is 13.2 Å². The normalized spacial score (nSPS) is 11.3. The van der Waals surface area contributed by atoms with Crippen LogP contribution in [0.5, 0.6) is 5.75 Å². The van der Waals surface area contributed by atoms with Gasteiger partial charge in [-0.2, -0.15) is 0 Å². The fourth-order valence-electron chi connectivity index (χ4n) is 1.29. The lowest BCUT2D eigenvalue weighted by Gasteiger charge is -2.16. The SMILES string of the molecule is CCOC(=O)c1c(CN)ncc(I)c1OC(F)(F)F. The molecular weight excluding hydrogens is 380 g/mol. The predicted molar refractivity (Wildman–Crippen MR) is 67.5 cm³/mol. The maximum atomic E-state index is 12.4. The molecule has 0 unspecified atom stereocenters. The zero-order valence-electron chi connectivity index (χ0n) is 9.75. The number of carbonyl (C=O) groups excluding carboxylic acids is 1. The summed E-state index contributed by atoms with van der Waals surface area (Å²) in [5.41, 5.74) is 4.95. The van der Waals surface area contributed by atoms with Crippen molar-refractivity contribution < 1.29 is 27.4 Å². The molecule has 1 aromatic rings. The number of esters is 1. The van der Waals surface area contributed by atoms with Crippen LogP contribution < -0.4 is 10.5 Å². The summed E-state index contributed by atoms with van der Waals surface area (Å²) >= 11 is 1.58.